The standard InChI is InChI=1S/C52H34B2N10/c1-59-47-9-5-3-7-45(47)49-51(59)63(43-27-15-37(33-57)16-28-43)53(61(49)41-23-11-35(31-55)12-24-41)39-19-21-40(22-20-39)54-62(42-25-13-36(32-56)14-26-42)50-46-8-4-6-10-48(46)60(2)52(50)64(54)44-29-17-38(34-58)18-30-44/h3-30H,1-2H3. The van der Waals surface area contributed by atoms with Crippen molar-refractivity contribution in [3.05, 3.63) is 192 Å². The molecular weight excluding hydrogens is 786 g/mol. The number of hydrogen-bond acceptors (Lipinski definition) is 8. The Morgan fingerprint density at radius 3 is 0.922 bits per heavy atom. The van der Waals surface area contributed by atoms with E-state index in [1.165, 1.54) is 0 Å². The Morgan fingerprint density at radius 2 is 0.625 bits per heavy atom. The van der Waals surface area contributed by atoms with Gasteiger partial charge in [-0.2, -0.15) is 21.0 Å². The molecule has 11 rings (SSSR count). The molecule has 7 aromatic carbocycles. The fourth-order valence-corrected chi connectivity index (χ4v) is 9.74. The van der Waals surface area contributed by atoms with Gasteiger partial charge in [0.15, 0.2) is 0 Å². The predicted octanol–water partition coefficient (Wildman–Crippen LogP) is 9.53. The van der Waals surface area contributed by atoms with Crippen LogP contribution in [-0.2, 0) is 14.1 Å². The van der Waals surface area contributed by atoms with Crippen molar-refractivity contribution in [1.82, 2.24) is 9.13 Å². The van der Waals surface area contributed by atoms with Crippen molar-refractivity contribution in [3.8, 4) is 24.3 Å². The van der Waals surface area contributed by atoms with Gasteiger partial charge in [0.25, 0.3) is 0 Å². The quantitative estimate of drug-likeness (QED) is 0.152. The maximum atomic E-state index is 9.78. The highest BCUT2D eigenvalue weighted by Crippen LogP contribution is 2.53. The second-order valence-corrected chi connectivity index (χ2v) is 16.0. The first-order valence-corrected chi connectivity index (χ1v) is 20.8. The topological polar surface area (TPSA) is 118 Å². The van der Waals surface area contributed by atoms with Crippen molar-refractivity contribution in [2.45, 2.75) is 0 Å². The summed E-state index contributed by atoms with van der Waals surface area (Å²) in [5.41, 5.74) is 12.3. The van der Waals surface area contributed by atoms with Gasteiger partial charge in [-0.25, -0.2) is 0 Å². The fourth-order valence-electron chi connectivity index (χ4n) is 9.74. The summed E-state index contributed by atoms with van der Waals surface area (Å²) in [7, 11) is 4.19. The molecule has 0 saturated heterocycles. The lowest BCUT2D eigenvalue weighted by molar-refractivity contribution is 0.964. The molecule has 0 fully saturated rings. The van der Waals surface area contributed by atoms with Crippen LogP contribution in [0.1, 0.15) is 22.3 Å². The van der Waals surface area contributed by atoms with Gasteiger partial charge in [0.2, 0.25) is 0 Å². The largest absolute Gasteiger partial charge is 0.421 e. The van der Waals surface area contributed by atoms with Gasteiger partial charge in [0.05, 0.1) is 68.9 Å². The highest BCUT2D eigenvalue weighted by atomic mass is 15.4. The van der Waals surface area contributed by atoms with E-state index in [1.807, 2.05) is 97.1 Å². The number of nitrogens with zero attached hydrogens (tertiary/aromatic N) is 10. The summed E-state index contributed by atoms with van der Waals surface area (Å²) in [4.78, 5) is 9.39. The molecule has 0 radical (unpaired) electrons. The normalized spacial score (nSPS) is 12.9. The van der Waals surface area contributed by atoms with Crippen LogP contribution in [0.25, 0.3) is 21.8 Å². The highest BCUT2D eigenvalue weighted by Gasteiger charge is 2.49. The van der Waals surface area contributed by atoms with E-state index in [0.717, 1.165) is 78.5 Å². The molecule has 4 heterocycles. The number of benzene rings is 7. The van der Waals surface area contributed by atoms with Crippen molar-refractivity contribution in [1.29, 1.82) is 21.0 Å². The number of para-hydroxylation sites is 2. The number of rotatable bonds is 6. The van der Waals surface area contributed by atoms with Crippen LogP contribution < -0.4 is 30.2 Å². The summed E-state index contributed by atoms with van der Waals surface area (Å²) in [6.07, 6.45) is 0. The predicted molar refractivity (Wildman–Crippen MR) is 256 cm³/mol. The Kier molecular flexibility index (Phi) is 8.77. The van der Waals surface area contributed by atoms with E-state index in [4.69, 9.17) is 0 Å². The molecule has 0 N–H and O–H groups in total. The zero-order valence-corrected chi connectivity index (χ0v) is 34.8. The van der Waals surface area contributed by atoms with Crippen molar-refractivity contribution >= 4 is 92.5 Å². The third-order valence-electron chi connectivity index (χ3n) is 12.6. The molecule has 298 valence electrons. The molecule has 12 heteroatoms. The smallest absolute Gasteiger partial charge is 0.358 e. The molecule has 0 unspecified atom stereocenters. The van der Waals surface area contributed by atoms with Crippen LogP contribution in [0.15, 0.2) is 170 Å². The molecule has 10 nitrogen and oxygen atoms in total. The zero-order chi connectivity index (χ0) is 43.6. The van der Waals surface area contributed by atoms with E-state index in [0.29, 0.717) is 22.3 Å². The number of aromatic nitrogens is 2. The Morgan fingerprint density at radius 1 is 0.344 bits per heavy atom. The maximum absolute atomic E-state index is 9.78. The maximum Gasteiger partial charge on any atom is 0.421 e. The number of anilines is 8. The van der Waals surface area contributed by atoms with E-state index in [1.54, 1.807) is 0 Å². The van der Waals surface area contributed by atoms with E-state index in [2.05, 4.69) is 140 Å². The van der Waals surface area contributed by atoms with Gasteiger partial charge in [0, 0.05) is 47.6 Å². The van der Waals surface area contributed by atoms with Crippen molar-refractivity contribution < 1.29 is 0 Å². The molecule has 0 aliphatic carbocycles. The van der Waals surface area contributed by atoms with Gasteiger partial charge < -0.3 is 28.4 Å². The third-order valence-corrected chi connectivity index (χ3v) is 12.6. The van der Waals surface area contributed by atoms with Gasteiger partial charge in [-0.05, 0) is 120 Å². The summed E-state index contributed by atoms with van der Waals surface area (Å²) in [6, 6.07) is 65.7. The Labute approximate surface area is 370 Å². The first-order chi connectivity index (χ1) is 31.4. The molecule has 64 heavy (non-hydrogen) atoms. The fraction of sp³-hybridized carbons (Fsp3) is 0.0385. The van der Waals surface area contributed by atoms with Crippen LogP contribution in [0.3, 0.4) is 0 Å². The average molecular weight is 821 g/mol. The van der Waals surface area contributed by atoms with E-state index < -0.39 is 0 Å². The molecule has 2 aliphatic rings. The first kappa shape index (κ1) is 37.9. The monoisotopic (exact) mass is 820 g/mol. The average Bonchev–Trinajstić information content (AvgIpc) is 4.07. The molecule has 0 amide bonds. The minimum atomic E-state index is -0.371. The lowest BCUT2D eigenvalue weighted by Gasteiger charge is -2.33. The van der Waals surface area contributed by atoms with Crippen LogP contribution >= 0.6 is 0 Å². The lowest BCUT2D eigenvalue weighted by atomic mass is 9.60. The molecular formula is C52H34B2N10. The van der Waals surface area contributed by atoms with Crippen LogP contribution in [0.5, 0.6) is 0 Å². The molecule has 9 aromatic rings. The van der Waals surface area contributed by atoms with Crippen LogP contribution in [0, 0.1) is 45.3 Å². The second kappa shape index (κ2) is 14.8. The van der Waals surface area contributed by atoms with Crippen LogP contribution in [0.2, 0.25) is 0 Å². The molecule has 2 aromatic heterocycles. The van der Waals surface area contributed by atoms with Crippen molar-refractivity contribution in [3.63, 3.8) is 0 Å². The minimum absolute atomic E-state index is 0.371. The molecule has 0 bridgehead atoms. The van der Waals surface area contributed by atoms with Gasteiger partial charge >= 0.3 is 14.0 Å². The van der Waals surface area contributed by atoms with Gasteiger partial charge in [-0.1, -0.05) is 60.7 Å². The van der Waals surface area contributed by atoms with E-state index in [-0.39, 0.29) is 14.0 Å². The summed E-state index contributed by atoms with van der Waals surface area (Å²) < 4.78 is 4.47. The van der Waals surface area contributed by atoms with Gasteiger partial charge in [-0.3, -0.25) is 0 Å². The first-order valence-electron chi connectivity index (χ1n) is 20.8. The minimum Gasteiger partial charge on any atom is -0.358 e. The van der Waals surface area contributed by atoms with E-state index in [9.17, 15) is 21.0 Å². The van der Waals surface area contributed by atoms with Crippen LogP contribution in [-0.4, -0.2) is 23.1 Å². The van der Waals surface area contributed by atoms with E-state index >= 15 is 0 Å². The SMILES string of the molecule is Cn1c2c(c3ccccc31)N(c1ccc(C#N)cc1)B(c1ccc(B3N(c4ccc(C#N)cc4)c4c(n(C)c5ccccc45)N3c3ccc(C#N)cc3)cc1)N2c1ccc(C#N)cc1. The molecule has 2 aliphatic heterocycles. The van der Waals surface area contributed by atoms with Crippen LogP contribution in [0.4, 0.5) is 45.8 Å². The Bertz CT molecular complexity index is 3240. The Balaban J connectivity index is 1.12. The molecule has 0 spiro atoms. The number of fused-ring (bicyclic) bond motifs is 6. The van der Waals surface area contributed by atoms with Crippen molar-refractivity contribution in [2.75, 3.05) is 19.2 Å². The summed E-state index contributed by atoms with van der Waals surface area (Å²) in [5.74, 6) is 2.00. The zero-order valence-electron chi connectivity index (χ0n) is 34.8. The summed E-state index contributed by atoms with van der Waals surface area (Å²) in [6.45, 7) is -0.741. The number of aryl methyl sites for hydroxylation is 2. The highest BCUT2D eigenvalue weighted by molar-refractivity contribution is 6.86. The van der Waals surface area contributed by atoms with Crippen molar-refractivity contribution in [2.24, 2.45) is 14.1 Å². The summed E-state index contributed by atoms with van der Waals surface area (Å²) in [5, 5.41) is 41.3. The summed E-state index contributed by atoms with van der Waals surface area (Å²) >= 11 is 0. The van der Waals surface area contributed by atoms with Gasteiger partial charge in [0.1, 0.15) is 11.6 Å². The third kappa shape index (κ3) is 5.65. The number of hydrogen-bond donors (Lipinski definition) is 0. The molecule has 0 saturated carbocycles. The molecule has 0 atom stereocenters. The number of nitriles is 4. The second-order valence-electron chi connectivity index (χ2n) is 16.0. The lowest BCUT2D eigenvalue weighted by Crippen LogP contribution is -2.56. The Hall–Kier alpha value is -9.09. The van der Waals surface area contributed by atoms with Gasteiger partial charge in [-0.15, -0.1) is 0 Å².